The van der Waals surface area contributed by atoms with Crippen LogP contribution in [0.2, 0.25) is 0 Å². The zero-order valence-corrected chi connectivity index (χ0v) is 18.1. The van der Waals surface area contributed by atoms with Gasteiger partial charge in [-0.15, -0.1) is 0 Å². The topological polar surface area (TPSA) is 86.7 Å². The first kappa shape index (κ1) is 21.9. The molecular weight excluding hydrogens is 411 g/mol. The smallest absolute Gasteiger partial charge is 0.335 e. The van der Waals surface area contributed by atoms with Gasteiger partial charge in [0.2, 0.25) is 0 Å². The number of carboxylic acids is 1. The van der Waals surface area contributed by atoms with Gasteiger partial charge in [-0.2, -0.15) is 0 Å². The summed E-state index contributed by atoms with van der Waals surface area (Å²) in [4.78, 5) is 39.4. The van der Waals surface area contributed by atoms with Crippen molar-refractivity contribution >= 4 is 29.3 Å². The molecule has 2 aliphatic rings. The third kappa shape index (κ3) is 4.48. The number of nitrogens with one attached hydrogen (secondary N) is 1. The number of hydrogen-bond acceptors (Lipinski definition) is 5. The van der Waals surface area contributed by atoms with Gasteiger partial charge in [0.1, 0.15) is 5.82 Å². The number of ketones is 2. The van der Waals surface area contributed by atoms with Gasteiger partial charge in [-0.25, -0.2) is 9.18 Å². The first-order chi connectivity index (χ1) is 15.3. The molecule has 2 aromatic carbocycles. The highest BCUT2D eigenvalue weighted by Crippen LogP contribution is 2.31. The van der Waals surface area contributed by atoms with Crippen LogP contribution in [0.15, 0.2) is 35.9 Å². The average Bonchev–Trinajstić information content (AvgIpc) is 3.59. The van der Waals surface area contributed by atoms with E-state index >= 15 is 0 Å². The van der Waals surface area contributed by atoms with Crippen molar-refractivity contribution in [2.75, 3.05) is 19.4 Å². The molecule has 0 saturated heterocycles. The van der Waals surface area contributed by atoms with E-state index < -0.39 is 11.8 Å². The van der Waals surface area contributed by atoms with E-state index in [0.29, 0.717) is 35.0 Å². The summed E-state index contributed by atoms with van der Waals surface area (Å²) in [6.45, 7) is 0.529. The number of nitrogens with zero attached hydrogens (tertiary/aromatic N) is 1. The van der Waals surface area contributed by atoms with Crippen molar-refractivity contribution in [2.24, 2.45) is 0 Å². The van der Waals surface area contributed by atoms with Crippen molar-refractivity contribution in [2.45, 2.75) is 38.3 Å². The molecule has 6 nitrogen and oxygen atoms in total. The van der Waals surface area contributed by atoms with Crippen LogP contribution in [-0.2, 0) is 29.0 Å². The molecule has 2 aliphatic carbocycles. The van der Waals surface area contributed by atoms with Crippen molar-refractivity contribution in [3.8, 4) is 0 Å². The lowest BCUT2D eigenvalue weighted by Gasteiger charge is -2.20. The molecule has 0 spiro atoms. The molecule has 0 amide bonds. The van der Waals surface area contributed by atoms with Crippen LogP contribution in [0.25, 0.3) is 6.08 Å². The molecule has 4 rings (SSSR count). The van der Waals surface area contributed by atoms with Gasteiger partial charge in [-0.1, -0.05) is 6.07 Å². The van der Waals surface area contributed by atoms with Crippen LogP contribution in [-0.4, -0.2) is 47.7 Å². The number of aromatic carboxylic acids is 1. The SMILES string of the molecule is CNc1cc(F)cc2c1CC(=O)C(C(=O)Cc1ccc(C(=O)O)cc1CN(C)C1CC1)=C2. The van der Waals surface area contributed by atoms with Gasteiger partial charge in [-0.05, 0) is 72.5 Å². The third-order valence-corrected chi connectivity index (χ3v) is 6.15. The van der Waals surface area contributed by atoms with E-state index in [0.717, 1.165) is 18.4 Å². The molecule has 0 aliphatic heterocycles. The highest BCUT2D eigenvalue weighted by atomic mass is 19.1. The number of carboxylic acid groups (broad SMARTS) is 1. The normalized spacial score (nSPS) is 15.4. The fourth-order valence-electron chi connectivity index (χ4n) is 4.19. The van der Waals surface area contributed by atoms with E-state index in [4.69, 9.17) is 0 Å². The van der Waals surface area contributed by atoms with Crippen molar-refractivity contribution in [1.82, 2.24) is 4.90 Å². The third-order valence-electron chi connectivity index (χ3n) is 6.15. The van der Waals surface area contributed by atoms with E-state index in [-0.39, 0.29) is 35.5 Å². The lowest BCUT2D eigenvalue weighted by atomic mass is 9.86. The molecular formula is C25H25FN2O4. The van der Waals surface area contributed by atoms with Crippen molar-refractivity contribution in [3.05, 3.63) is 69.5 Å². The van der Waals surface area contributed by atoms with E-state index in [1.54, 1.807) is 19.2 Å². The second-order valence-electron chi connectivity index (χ2n) is 8.46. The molecule has 1 fully saturated rings. The molecule has 2 aromatic rings. The van der Waals surface area contributed by atoms with Crippen molar-refractivity contribution < 1.29 is 23.9 Å². The summed E-state index contributed by atoms with van der Waals surface area (Å²) in [6, 6.07) is 7.87. The Morgan fingerprint density at radius 1 is 1.19 bits per heavy atom. The Morgan fingerprint density at radius 2 is 1.94 bits per heavy atom. The molecule has 0 heterocycles. The fraction of sp³-hybridized carbons (Fsp3) is 0.320. The standard InChI is InChI=1S/C25H25FN2O4/c1-27-22-11-18(26)8-16-9-21(24(30)12-20(16)22)23(29)10-14-3-4-15(25(31)32)7-17(14)13-28(2)19-5-6-19/h3-4,7-9,11,19,27H,5-6,10,12-13H2,1-2H3,(H,31,32). The van der Waals surface area contributed by atoms with Gasteiger partial charge in [0.05, 0.1) is 11.1 Å². The number of rotatable bonds is 8. The first-order valence-electron chi connectivity index (χ1n) is 10.6. The van der Waals surface area contributed by atoms with Crippen LogP contribution in [0.3, 0.4) is 0 Å². The quantitative estimate of drug-likeness (QED) is 0.616. The number of halogens is 1. The Kier molecular flexibility index (Phi) is 5.93. The van der Waals surface area contributed by atoms with Gasteiger partial charge < -0.3 is 10.4 Å². The van der Waals surface area contributed by atoms with Crippen LogP contribution in [0, 0.1) is 5.82 Å². The minimum atomic E-state index is -1.03. The number of benzene rings is 2. The molecule has 0 unspecified atom stereocenters. The molecule has 7 heteroatoms. The largest absolute Gasteiger partial charge is 0.478 e. The summed E-state index contributed by atoms with van der Waals surface area (Å²) in [6.07, 6.45) is 3.69. The second-order valence-corrected chi connectivity index (χ2v) is 8.46. The Bertz CT molecular complexity index is 1150. The van der Waals surface area contributed by atoms with Gasteiger partial charge in [-0.3, -0.25) is 14.5 Å². The van der Waals surface area contributed by atoms with Crippen molar-refractivity contribution in [1.29, 1.82) is 0 Å². The zero-order valence-electron chi connectivity index (χ0n) is 18.1. The highest BCUT2D eigenvalue weighted by Gasteiger charge is 2.29. The Morgan fingerprint density at radius 3 is 2.59 bits per heavy atom. The van der Waals surface area contributed by atoms with Crippen LogP contribution >= 0.6 is 0 Å². The van der Waals surface area contributed by atoms with E-state index in [1.807, 2.05) is 7.05 Å². The maximum atomic E-state index is 14.0. The molecule has 0 aromatic heterocycles. The monoisotopic (exact) mass is 436 g/mol. The summed E-state index contributed by atoms with van der Waals surface area (Å²) in [5, 5.41) is 12.3. The molecule has 0 bridgehead atoms. The van der Waals surface area contributed by atoms with Crippen LogP contribution in [0.4, 0.5) is 10.1 Å². The summed E-state index contributed by atoms with van der Waals surface area (Å²) in [7, 11) is 3.64. The second kappa shape index (κ2) is 8.67. The van der Waals surface area contributed by atoms with Gasteiger partial charge in [0, 0.05) is 38.2 Å². The minimum absolute atomic E-state index is 0.0190. The number of fused-ring (bicyclic) bond motifs is 1. The molecule has 166 valence electrons. The predicted molar refractivity (Wildman–Crippen MR) is 119 cm³/mol. The Hall–Kier alpha value is -3.32. The summed E-state index contributed by atoms with van der Waals surface area (Å²) < 4.78 is 14.0. The van der Waals surface area contributed by atoms with E-state index in [2.05, 4.69) is 10.2 Å². The van der Waals surface area contributed by atoms with Crippen LogP contribution in [0.5, 0.6) is 0 Å². The van der Waals surface area contributed by atoms with E-state index in [1.165, 1.54) is 24.3 Å². The average molecular weight is 436 g/mol. The Balaban J connectivity index is 1.64. The number of anilines is 1. The van der Waals surface area contributed by atoms with E-state index in [9.17, 15) is 23.9 Å². The van der Waals surface area contributed by atoms with Crippen molar-refractivity contribution in [3.63, 3.8) is 0 Å². The van der Waals surface area contributed by atoms with Gasteiger partial charge in [0.15, 0.2) is 11.6 Å². The number of Topliss-reactive ketones (excluding diaryl/α,β-unsaturated/α-hetero) is 2. The molecule has 32 heavy (non-hydrogen) atoms. The fourth-order valence-corrected chi connectivity index (χ4v) is 4.19. The minimum Gasteiger partial charge on any atom is -0.478 e. The summed E-state index contributed by atoms with van der Waals surface area (Å²) in [5.41, 5.74) is 3.40. The zero-order chi connectivity index (χ0) is 23.0. The van der Waals surface area contributed by atoms with Gasteiger partial charge in [0.25, 0.3) is 0 Å². The number of hydrogen-bond donors (Lipinski definition) is 2. The first-order valence-corrected chi connectivity index (χ1v) is 10.6. The maximum absolute atomic E-state index is 14.0. The summed E-state index contributed by atoms with van der Waals surface area (Å²) in [5.74, 6) is -2.12. The van der Waals surface area contributed by atoms with Crippen LogP contribution < -0.4 is 5.32 Å². The number of allylic oxidation sites excluding steroid dienone is 1. The number of carbonyl (C=O) groups excluding carboxylic acids is 2. The lowest BCUT2D eigenvalue weighted by molar-refractivity contribution is -0.120. The molecule has 0 atom stereocenters. The Labute approximate surface area is 185 Å². The van der Waals surface area contributed by atoms with Crippen LogP contribution in [0.1, 0.15) is 45.5 Å². The highest BCUT2D eigenvalue weighted by molar-refractivity contribution is 6.25. The molecule has 2 N–H and O–H groups in total. The summed E-state index contributed by atoms with van der Waals surface area (Å²) >= 11 is 0. The number of carbonyl (C=O) groups is 3. The molecule has 1 saturated carbocycles. The predicted octanol–water partition coefficient (Wildman–Crippen LogP) is 3.48. The molecule has 0 radical (unpaired) electrons. The lowest BCUT2D eigenvalue weighted by Crippen LogP contribution is -2.23. The maximum Gasteiger partial charge on any atom is 0.335 e. The van der Waals surface area contributed by atoms with Gasteiger partial charge >= 0.3 is 5.97 Å².